The molecule has 0 saturated carbocycles. The van der Waals surface area contributed by atoms with Crippen molar-refractivity contribution in [2.45, 2.75) is 19.8 Å². The SMILES string of the molecule is CCCCOC(=O)Nc1ccccc1NC(=O)Nc1ccccc1. The second-order valence-corrected chi connectivity index (χ2v) is 5.11. The largest absolute Gasteiger partial charge is 0.449 e. The number of hydrogen-bond acceptors (Lipinski definition) is 3. The van der Waals surface area contributed by atoms with E-state index in [2.05, 4.69) is 16.0 Å². The number of benzene rings is 2. The molecule has 3 N–H and O–H groups in total. The van der Waals surface area contributed by atoms with Crippen molar-refractivity contribution in [2.24, 2.45) is 0 Å². The van der Waals surface area contributed by atoms with E-state index in [0.29, 0.717) is 23.7 Å². The van der Waals surface area contributed by atoms with E-state index in [1.807, 2.05) is 25.1 Å². The molecule has 0 radical (unpaired) electrons. The van der Waals surface area contributed by atoms with Gasteiger partial charge in [0.1, 0.15) is 0 Å². The van der Waals surface area contributed by atoms with Gasteiger partial charge in [-0.15, -0.1) is 0 Å². The van der Waals surface area contributed by atoms with Crippen LogP contribution in [0.25, 0.3) is 0 Å². The highest BCUT2D eigenvalue weighted by Crippen LogP contribution is 2.21. The smallest absolute Gasteiger partial charge is 0.411 e. The van der Waals surface area contributed by atoms with E-state index in [1.165, 1.54) is 0 Å². The van der Waals surface area contributed by atoms with E-state index in [1.54, 1.807) is 36.4 Å². The standard InChI is InChI=1S/C18H21N3O3/c1-2-3-13-24-18(23)21-16-12-8-7-11-15(16)20-17(22)19-14-9-5-4-6-10-14/h4-12H,2-3,13H2,1H3,(H,21,23)(H2,19,20,22). The van der Waals surface area contributed by atoms with Crippen LogP contribution in [0.3, 0.4) is 0 Å². The van der Waals surface area contributed by atoms with Gasteiger partial charge in [0.2, 0.25) is 0 Å². The molecule has 0 saturated heterocycles. The van der Waals surface area contributed by atoms with Gasteiger partial charge in [0.05, 0.1) is 18.0 Å². The highest BCUT2D eigenvalue weighted by molar-refractivity contribution is 6.03. The molecule has 0 aliphatic carbocycles. The normalized spacial score (nSPS) is 9.88. The highest BCUT2D eigenvalue weighted by Gasteiger charge is 2.10. The van der Waals surface area contributed by atoms with E-state index in [4.69, 9.17) is 4.74 Å². The molecule has 24 heavy (non-hydrogen) atoms. The summed E-state index contributed by atoms with van der Waals surface area (Å²) >= 11 is 0. The van der Waals surface area contributed by atoms with Crippen LogP contribution in [0.15, 0.2) is 54.6 Å². The summed E-state index contributed by atoms with van der Waals surface area (Å²) in [7, 11) is 0. The van der Waals surface area contributed by atoms with E-state index < -0.39 is 12.1 Å². The molecule has 126 valence electrons. The van der Waals surface area contributed by atoms with Crippen LogP contribution in [0.1, 0.15) is 19.8 Å². The quantitative estimate of drug-likeness (QED) is 0.674. The summed E-state index contributed by atoms with van der Waals surface area (Å²) in [6.07, 6.45) is 1.22. The molecule has 0 fully saturated rings. The van der Waals surface area contributed by atoms with Crippen LogP contribution >= 0.6 is 0 Å². The molecule has 3 amide bonds. The second kappa shape index (κ2) is 9.19. The Morgan fingerprint density at radius 2 is 1.50 bits per heavy atom. The van der Waals surface area contributed by atoms with Crippen molar-refractivity contribution in [3.8, 4) is 0 Å². The molecule has 0 atom stereocenters. The lowest BCUT2D eigenvalue weighted by molar-refractivity contribution is 0.160. The Bertz CT molecular complexity index is 674. The number of nitrogens with one attached hydrogen (secondary N) is 3. The van der Waals surface area contributed by atoms with Crippen LogP contribution in [-0.2, 0) is 4.74 Å². The molecule has 2 rings (SSSR count). The summed E-state index contributed by atoms with van der Waals surface area (Å²) in [5, 5.41) is 8.07. The molecule has 6 heteroatoms. The predicted molar refractivity (Wildman–Crippen MR) is 95.4 cm³/mol. The fourth-order valence-corrected chi connectivity index (χ4v) is 1.96. The predicted octanol–water partition coefficient (Wildman–Crippen LogP) is 4.68. The molecular weight excluding hydrogens is 306 g/mol. The molecule has 0 aromatic heterocycles. The zero-order chi connectivity index (χ0) is 17.2. The number of amides is 3. The molecular formula is C18H21N3O3. The van der Waals surface area contributed by atoms with Gasteiger partial charge >= 0.3 is 12.1 Å². The van der Waals surface area contributed by atoms with Crippen LogP contribution in [0.5, 0.6) is 0 Å². The summed E-state index contributed by atoms with van der Waals surface area (Å²) < 4.78 is 5.06. The fourth-order valence-electron chi connectivity index (χ4n) is 1.96. The van der Waals surface area contributed by atoms with Crippen molar-refractivity contribution < 1.29 is 14.3 Å². The Hall–Kier alpha value is -3.02. The maximum absolute atomic E-state index is 12.1. The van der Waals surface area contributed by atoms with Gasteiger partial charge < -0.3 is 15.4 Å². The van der Waals surface area contributed by atoms with Crippen molar-refractivity contribution in [3.05, 3.63) is 54.6 Å². The summed E-state index contributed by atoms with van der Waals surface area (Å²) in [5.41, 5.74) is 1.64. The Kier molecular flexibility index (Phi) is 6.64. The van der Waals surface area contributed by atoms with Crippen molar-refractivity contribution >= 4 is 29.2 Å². The minimum atomic E-state index is -0.541. The molecule has 0 aliphatic rings. The zero-order valence-corrected chi connectivity index (χ0v) is 13.5. The van der Waals surface area contributed by atoms with Gasteiger partial charge in [-0.1, -0.05) is 43.7 Å². The molecule has 6 nitrogen and oxygen atoms in total. The Labute approximate surface area is 141 Å². The molecule has 0 spiro atoms. The summed E-state index contributed by atoms with van der Waals surface area (Å²) in [6, 6.07) is 15.6. The zero-order valence-electron chi connectivity index (χ0n) is 13.5. The van der Waals surface area contributed by atoms with Gasteiger partial charge in [-0.25, -0.2) is 9.59 Å². The van der Waals surface area contributed by atoms with Crippen molar-refractivity contribution in [3.63, 3.8) is 0 Å². The van der Waals surface area contributed by atoms with Gasteiger partial charge in [-0.2, -0.15) is 0 Å². The number of unbranched alkanes of at least 4 members (excludes halogenated alkanes) is 1. The third kappa shape index (κ3) is 5.64. The third-order valence-electron chi connectivity index (χ3n) is 3.17. The maximum Gasteiger partial charge on any atom is 0.411 e. The van der Waals surface area contributed by atoms with Gasteiger partial charge in [-0.3, -0.25) is 5.32 Å². The lowest BCUT2D eigenvalue weighted by Gasteiger charge is -2.13. The van der Waals surface area contributed by atoms with E-state index in [9.17, 15) is 9.59 Å². The molecule has 2 aromatic rings. The first kappa shape index (κ1) is 17.3. The minimum Gasteiger partial charge on any atom is -0.449 e. The summed E-state index contributed by atoms with van der Waals surface area (Å²) in [6.45, 7) is 2.39. The number of rotatable bonds is 6. The van der Waals surface area contributed by atoms with Crippen LogP contribution in [0, 0.1) is 0 Å². The van der Waals surface area contributed by atoms with E-state index >= 15 is 0 Å². The van der Waals surface area contributed by atoms with Crippen LogP contribution < -0.4 is 16.0 Å². The van der Waals surface area contributed by atoms with Crippen molar-refractivity contribution in [1.29, 1.82) is 0 Å². The molecule has 2 aromatic carbocycles. The van der Waals surface area contributed by atoms with Crippen LogP contribution in [0.2, 0.25) is 0 Å². The fraction of sp³-hybridized carbons (Fsp3) is 0.222. The van der Waals surface area contributed by atoms with E-state index in [-0.39, 0.29) is 0 Å². The Morgan fingerprint density at radius 3 is 2.17 bits per heavy atom. The molecule has 0 aliphatic heterocycles. The first-order chi connectivity index (χ1) is 11.7. The Morgan fingerprint density at radius 1 is 0.875 bits per heavy atom. The third-order valence-corrected chi connectivity index (χ3v) is 3.17. The number of carbonyl (C=O) groups excluding carboxylic acids is 2. The summed E-state index contributed by atoms with van der Waals surface area (Å²) in [4.78, 5) is 23.8. The maximum atomic E-state index is 12.1. The number of carbonyl (C=O) groups is 2. The first-order valence-electron chi connectivity index (χ1n) is 7.85. The Balaban J connectivity index is 1.95. The molecule has 0 bridgehead atoms. The average molecular weight is 327 g/mol. The van der Waals surface area contributed by atoms with Gasteiger partial charge in [0.25, 0.3) is 0 Å². The van der Waals surface area contributed by atoms with Crippen molar-refractivity contribution in [1.82, 2.24) is 0 Å². The second-order valence-electron chi connectivity index (χ2n) is 5.11. The van der Waals surface area contributed by atoms with E-state index in [0.717, 1.165) is 12.8 Å². The lowest BCUT2D eigenvalue weighted by Crippen LogP contribution is -2.21. The van der Waals surface area contributed by atoms with Gasteiger partial charge in [0, 0.05) is 5.69 Å². The number of urea groups is 1. The first-order valence-corrected chi connectivity index (χ1v) is 7.85. The topological polar surface area (TPSA) is 79.5 Å². The van der Waals surface area contributed by atoms with Crippen LogP contribution in [-0.4, -0.2) is 18.7 Å². The molecule has 0 unspecified atom stereocenters. The monoisotopic (exact) mass is 327 g/mol. The van der Waals surface area contributed by atoms with Gasteiger partial charge in [0.15, 0.2) is 0 Å². The van der Waals surface area contributed by atoms with Crippen LogP contribution in [0.4, 0.5) is 26.7 Å². The minimum absolute atomic E-state index is 0.367. The highest BCUT2D eigenvalue weighted by atomic mass is 16.5. The molecule has 0 heterocycles. The van der Waals surface area contributed by atoms with Gasteiger partial charge in [-0.05, 0) is 30.7 Å². The summed E-state index contributed by atoms with van der Waals surface area (Å²) in [5.74, 6) is 0. The number of ether oxygens (including phenoxy) is 1. The number of hydrogen-bond donors (Lipinski definition) is 3. The average Bonchev–Trinajstić information content (AvgIpc) is 2.58. The lowest BCUT2D eigenvalue weighted by atomic mass is 10.2. The number of para-hydroxylation sites is 3. The van der Waals surface area contributed by atoms with Crippen molar-refractivity contribution in [2.75, 3.05) is 22.6 Å². The number of anilines is 3.